The van der Waals surface area contributed by atoms with E-state index in [4.69, 9.17) is 16.1 Å². The van der Waals surface area contributed by atoms with Gasteiger partial charge in [0.25, 0.3) is 5.91 Å². The van der Waals surface area contributed by atoms with Gasteiger partial charge in [-0.25, -0.2) is 9.97 Å². The topological polar surface area (TPSA) is 138 Å². The highest BCUT2D eigenvalue weighted by atomic mass is 16.2. The van der Waals surface area contributed by atoms with E-state index in [9.17, 15) is 9.59 Å². The third kappa shape index (κ3) is 6.36. The summed E-state index contributed by atoms with van der Waals surface area (Å²) >= 11 is 0. The zero-order valence-electron chi connectivity index (χ0n) is 19.1. The van der Waals surface area contributed by atoms with Crippen LogP contribution in [0.15, 0.2) is 36.5 Å². The number of aromatic nitrogens is 3. The van der Waals surface area contributed by atoms with Crippen molar-refractivity contribution in [2.45, 2.75) is 40.3 Å². The Morgan fingerprint density at radius 2 is 2.00 bits per heavy atom. The van der Waals surface area contributed by atoms with Gasteiger partial charge in [-0.1, -0.05) is 12.1 Å². The van der Waals surface area contributed by atoms with Crippen LogP contribution >= 0.6 is 0 Å². The van der Waals surface area contributed by atoms with Crippen LogP contribution < -0.4 is 5.73 Å². The molecule has 0 saturated carbocycles. The fraction of sp³-hybridized carbons (Fsp3) is 0.348. The first kappa shape index (κ1) is 26.3. The Labute approximate surface area is 188 Å². The molecule has 0 radical (unpaired) electrons. The Balaban J connectivity index is 0.000000358. The molecule has 3 N–H and O–H groups in total. The summed E-state index contributed by atoms with van der Waals surface area (Å²) in [6.45, 7) is 9.31. The van der Waals surface area contributed by atoms with E-state index in [-0.39, 0.29) is 11.9 Å². The molecule has 0 atom stereocenters. The van der Waals surface area contributed by atoms with E-state index in [1.165, 1.54) is 0 Å². The smallest absolute Gasteiger partial charge is 0.255 e. The van der Waals surface area contributed by atoms with Crippen LogP contribution in [0.25, 0.3) is 11.2 Å². The second-order valence-electron chi connectivity index (χ2n) is 6.82. The van der Waals surface area contributed by atoms with Crippen LogP contribution in [0.3, 0.4) is 0 Å². The van der Waals surface area contributed by atoms with E-state index in [2.05, 4.69) is 9.97 Å². The first-order valence-electron chi connectivity index (χ1n) is 10.2. The molecule has 9 nitrogen and oxygen atoms in total. The summed E-state index contributed by atoms with van der Waals surface area (Å²) in [4.78, 5) is 33.0. The number of fused-ring (bicyclic) bond motifs is 1. The van der Waals surface area contributed by atoms with Crippen molar-refractivity contribution in [3.63, 3.8) is 0 Å². The lowest BCUT2D eigenvalue weighted by Gasteiger charge is -2.24. The van der Waals surface area contributed by atoms with Crippen LogP contribution in [-0.2, 0) is 6.54 Å². The van der Waals surface area contributed by atoms with Crippen LogP contribution in [0.4, 0.5) is 5.95 Å². The van der Waals surface area contributed by atoms with E-state index < -0.39 is 0 Å². The quantitative estimate of drug-likeness (QED) is 0.584. The molecule has 2 aromatic heterocycles. The summed E-state index contributed by atoms with van der Waals surface area (Å²) < 4.78 is 1.82. The molecule has 0 spiro atoms. The third-order valence-electron chi connectivity index (χ3n) is 4.55. The summed E-state index contributed by atoms with van der Waals surface area (Å²) in [5.41, 5.74) is 8.83. The number of carbonyl (C=O) groups excluding carboxylic acids is 2. The standard InChI is InChI=1S/C14H21N5O.C8H5NO.CH4O/c1-5-18(9(3)4)13(20)10-7-11-12(16-8-10)19(6-2)14(15)17-11;9-5-7-2-1-3-8(4-7)6-10;1-2/h7-9H,5-6H2,1-4H3,(H2,15,17);1-4,6H;2H,1H3. The second-order valence-corrected chi connectivity index (χ2v) is 6.82. The molecule has 0 aliphatic carbocycles. The number of hydrogen-bond acceptors (Lipinski definition) is 7. The number of aliphatic hydroxyl groups excluding tert-OH is 1. The Kier molecular flexibility index (Phi) is 10.5. The van der Waals surface area contributed by atoms with E-state index in [1.54, 1.807) is 41.4 Å². The molecule has 170 valence electrons. The van der Waals surface area contributed by atoms with Crippen molar-refractivity contribution < 1.29 is 14.7 Å². The molecule has 0 saturated heterocycles. The van der Waals surface area contributed by atoms with E-state index in [0.717, 1.165) is 13.4 Å². The van der Waals surface area contributed by atoms with Gasteiger partial charge in [0, 0.05) is 38.0 Å². The monoisotopic (exact) mass is 438 g/mol. The van der Waals surface area contributed by atoms with Gasteiger partial charge in [-0.3, -0.25) is 14.2 Å². The molecule has 1 aromatic carbocycles. The largest absolute Gasteiger partial charge is 0.400 e. The lowest BCUT2D eigenvalue weighted by Crippen LogP contribution is -2.36. The maximum atomic E-state index is 12.4. The van der Waals surface area contributed by atoms with Crippen LogP contribution in [0.1, 0.15) is 54.0 Å². The maximum absolute atomic E-state index is 12.4. The van der Waals surface area contributed by atoms with Crippen LogP contribution in [-0.4, -0.2) is 56.4 Å². The molecule has 3 rings (SSSR count). The number of aliphatic hydroxyl groups is 1. The number of aldehydes is 1. The molecular formula is C23H30N6O3. The second kappa shape index (κ2) is 12.8. The first-order valence-corrected chi connectivity index (χ1v) is 10.2. The van der Waals surface area contributed by atoms with Crippen molar-refractivity contribution in [2.75, 3.05) is 19.4 Å². The van der Waals surface area contributed by atoms with Gasteiger partial charge in [-0.2, -0.15) is 5.26 Å². The number of anilines is 1. The molecule has 0 aliphatic heterocycles. The summed E-state index contributed by atoms with van der Waals surface area (Å²) in [5.74, 6) is 0.400. The number of hydrogen-bond donors (Lipinski definition) is 2. The van der Waals surface area contributed by atoms with Crippen LogP contribution in [0, 0.1) is 11.3 Å². The predicted octanol–water partition coefficient (Wildman–Crippen LogP) is 2.88. The minimum atomic E-state index is -0.0264. The molecule has 2 heterocycles. The van der Waals surface area contributed by atoms with Gasteiger partial charge in [-0.15, -0.1) is 0 Å². The Bertz CT molecular complexity index is 1090. The van der Waals surface area contributed by atoms with Crippen molar-refractivity contribution in [1.82, 2.24) is 19.4 Å². The summed E-state index contributed by atoms with van der Waals surface area (Å²) in [6, 6.07) is 10.4. The highest BCUT2D eigenvalue weighted by Crippen LogP contribution is 2.18. The van der Waals surface area contributed by atoms with Crippen molar-refractivity contribution in [3.8, 4) is 6.07 Å². The number of imidazole rings is 1. The highest BCUT2D eigenvalue weighted by molar-refractivity contribution is 5.96. The number of pyridine rings is 1. The molecule has 9 heteroatoms. The molecule has 1 amide bonds. The van der Waals surface area contributed by atoms with E-state index in [1.807, 2.05) is 38.3 Å². The number of carbonyl (C=O) groups is 2. The van der Waals surface area contributed by atoms with Gasteiger partial charge in [0.15, 0.2) is 5.65 Å². The molecule has 3 aromatic rings. The molecule has 0 unspecified atom stereocenters. The first-order chi connectivity index (χ1) is 15.4. The third-order valence-corrected chi connectivity index (χ3v) is 4.55. The fourth-order valence-corrected chi connectivity index (χ4v) is 3.05. The minimum Gasteiger partial charge on any atom is -0.400 e. The Morgan fingerprint density at radius 1 is 1.31 bits per heavy atom. The van der Waals surface area contributed by atoms with Crippen LogP contribution in [0.5, 0.6) is 0 Å². The normalized spacial score (nSPS) is 9.81. The molecule has 0 fully saturated rings. The average Bonchev–Trinajstić information content (AvgIpc) is 3.14. The van der Waals surface area contributed by atoms with E-state index in [0.29, 0.717) is 46.9 Å². The number of rotatable bonds is 5. The van der Waals surface area contributed by atoms with Gasteiger partial charge >= 0.3 is 0 Å². The van der Waals surface area contributed by atoms with Crippen molar-refractivity contribution >= 4 is 29.3 Å². The SMILES string of the molecule is CCN(C(=O)c1cnc2c(c1)nc(N)n2CC)C(C)C.CO.N#Cc1cccc(C=O)c1. The number of benzene rings is 1. The van der Waals surface area contributed by atoms with Crippen molar-refractivity contribution in [1.29, 1.82) is 5.26 Å². The van der Waals surface area contributed by atoms with Gasteiger partial charge in [0.05, 0.1) is 17.2 Å². The van der Waals surface area contributed by atoms with Crippen molar-refractivity contribution in [2.24, 2.45) is 0 Å². The number of nitrogens with two attached hydrogens (primary N) is 1. The fourth-order valence-electron chi connectivity index (χ4n) is 3.05. The highest BCUT2D eigenvalue weighted by Gasteiger charge is 2.19. The summed E-state index contributed by atoms with van der Waals surface area (Å²) in [7, 11) is 1.00. The van der Waals surface area contributed by atoms with Crippen molar-refractivity contribution in [3.05, 3.63) is 53.2 Å². The number of aryl methyl sites for hydroxylation is 1. The maximum Gasteiger partial charge on any atom is 0.255 e. The van der Waals surface area contributed by atoms with Gasteiger partial charge in [-0.05, 0) is 45.9 Å². The number of amides is 1. The van der Waals surface area contributed by atoms with Crippen LogP contribution in [0.2, 0.25) is 0 Å². The predicted molar refractivity (Wildman–Crippen MR) is 124 cm³/mol. The van der Waals surface area contributed by atoms with Gasteiger partial charge in [0.1, 0.15) is 11.8 Å². The average molecular weight is 439 g/mol. The zero-order valence-corrected chi connectivity index (χ0v) is 19.1. The van der Waals surface area contributed by atoms with Gasteiger partial charge < -0.3 is 15.7 Å². The lowest BCUT2D eigenvalue weighted by atomic mass is 10.2. The number of nitriles is 1. The number of nitrogen functional groups attached to an aromatic ring is 1. The molecular weight excluding hydrogens is 408 g/mol. The summed E-state index contributed by atoms with van der Waals surface area (Å²) in [6.07, 6.45) is 2.32. The lowest BCUT2D eigenvalue weighted by molar-refractivity contribution is 0.0716. The zero-order chi connectivity index (χ0) is 24.3. The van der Waals surface area contributed by atoms with E-state index >= 15 is 0 Å². The number of nitrogens with zero attached hydrogens (tertiary/aromatic N) is 5. The molecule has 0 aliphatic rings. The summed E-state index contributed by atoms with van der Waals surface area (Å²) in [5, 5.41) is 15.4. The minimum absolute atomic E-state index is 0.0264. The molecule has 32 heavy (non-hydrogen) atoms. The Hall–Kier alpha value is -3.77. The Morgan fingerprint density at radius 3 is 2.53 bits per heavy atom. The van der Waals surface area contributed by atoms with Gasteiger partial charge in [0.2, 0.25) is 5.95 Å². The molecule has 0 bridgehead atoms.